The van der Waals surface area contributed by atoms with Crippen molar-refractivity contribution in [2.24, 2.45) is 0 Å². The maximum absolute atomic E-state index is 12.9. The van der Waals surface area contributed by atoms with Gasteiger partial charge in [-0.05, 0) is 36.1 Å². The van der Waals surface area contributed by atoms with E-state index in [4.69, 9.17) is 11.6 Å². The average Bonchev–Trinajstić information content (AvgIpc) is 3.08. The van der Waals surface area contributed by atoms with Crippen LogP contribution in [-0.4, -0.2) is 30.4 Å². The second-order valence-corrected chi connectivity index (χ2v) is 6.96. The van der Waals surface area contributed by atoms with Crippen molar-refractivity contribution in [2.75, 3.05) is 19.6 Å². The van der Waals surface area contributed by atoms with E-state index >= 15 is 0 Å². The molecular weight excluding hydrogens is 316 g/mol. The van der Waals surface area contributed by atoms with E-state index in [9.17, 15) is 4.79 Å². The summed E-state index contributed by atoms with van der Waals surface area (Å²) in [7, 11) is 0. The zero-order valence-electron chi connectivity index (χ0n) is 12.5. The zero-order valence-corrected chi connectivity index (χ0v) is 14.0. The molecule has 0 spiro atoms. The molecule has 2 aromatic rings. The van der Waals surface area contributed by atoms with Crippen molar-refractivity contribution in [3.8, 4) is 0 Å². The third-order valence-electron chi connectivity index (χ3n) is 4.10. The third kappa shape index (κ3) is 3.19. The van der Waals surface area contributed by atoms with Crippen LogP contribution >= 0.6 is 22.9 Å². The lowest BCUT2D eigenvalue weighted by atomic mass is 10.00. The van der Waals surface area contributed by atoms with Crippen LogP contribution in [0.25, 0.3) is 0 Å². The summed E-state index contributed by atoms with van der Waals surface area (Å²) in [6.07, 6.45) is 0. The van der Waals surface area contributed by atoms with Crippen LogP contribution in [0.3, 0.4) is 0 Å². The number of piperazine rings is 1. The molecule has 116 valence electrons. The van der Waals surface area contributed by atoms with Crippen LogP contribution in [0, 0.1) is 0 Å². The van der Waals surface area contributed by atoms with Gasteiger partial charge in [0.15, 0.2) is 0 Å². The molecule has 1 amide bonds. The largest absolute Gasteiger partial charge is 0.333 e. The SMILES string of the molecule is CC(C(=O)N1CCNCC1c1cccc(Cl)c1)c1cccs1. The first-order chi connectivity index (χ1) is 10.7. The first kappa shape index (κ1) is 15.5. The van der Waals surface area contributed by atoms with Gasteiger partial charge in [-0.25, -0.2) is 0 Å². The second-order valence-electron chi connectivity index (χ2n) is 5.54. The van der Waals surface area contributed by atoms with Gasteiger partial charge in [-0.1, -0.05) is 29.8 Å². The van der Waals surface area contributed by atoms with Crippen LogP contribution < -0.4 is 5.32 Å². The van der Waals surface area contributed by atoms with Gasteiger partial charge in [-0.3, -0.25) is 4.79 Å². The first-order valence-corrected chi connectivity index (χ1v) is 8.72. The Labute approximate surface area is 139 Å². The zero-order chi connectivity index (χ0) is 15.5. The van der Waals surface area contributed by atoms with Crippen molar-refractivity contribution in [2.45, 2.75) is 18.9 Å². The molecule has 1 aromatic heterocycles. The number of hydrogen-bond donors (Lipinski definition) is 1. The molecule has 1 aliphatic heterocycles. The number of benzene rings is 1. The molecule has 2 heterocycles. The average molecular weight is 335 g/mol. The van der Waals surface area contributed by atoms with Crippen LogP contribution in [-0.2, 0) is 4.79 Å². The summed E-state index contributed by atoms with van der Waals surface area (Å²) in [6, 6.07) is 11.9. The summed E-state index contributed by atoms with van der Waals surface area (Å²) in [5.41, 5.74) is 1.09. The summed E-state index contributed by atoms with van der Waals surface area (Å²) < 4.78 is 0. The molecule has 0 saturated carbocycles. The first-order valence-electron chi connectivity index (χ1n) is 7.47. The molecule has 2 atom stereocenters. The lowest BCUT2D eigenvalue weighted by Crippen LogP contribution is -2.49. The number of halogens is 1. The predicted molar refractivity (Wildman–Crippen MR) is 91.5 cm³/mol. The number of rotatable bonds is 3. The molecule has 22 heavy (non-hydrogen) atoms. The van der Waals surface area contributed by atoms with Gasteiger partial charge in [0.25, 0.3) is 0 Å². The fourth-order valence-corrected chi connectivity index (χ4v) is 3.86. The minimum absolute atomic E-state index is 0.0439. The third-order valence-corrected chi connectivity index (χ3v) is 5.39. The molecule has 1 saturated heterocycles. The maximum atomic E-state index is 12.9. The van der Waals surface area contributed by atoms with E-state index < -0.39 is 0 Å². The number of thiophene rings is 1. The Morgan fingerprint density at radius 1 is 1.41 bits per heavy atom. The van der Waals surface area contributed by atoms with E-state index in [0.717, 1.165) is 30.1 Å². The van der Waals surface area contributed by atoms with Gasteiger partial charge in [0.2, 0.25) is 5.91 Å². The second kappa shape index (κ2) is 6.82. The molecule has 3 rings (SSSR count). The van der Waals surface area contributed by atoms with Crippen molar-refractivity contribution in [3.05, 3.63) is 57.2 Å². The molecule has 0 radical (unpaired) electrons. The van der Waals surface area contributed by atoms with E-state index in [0.29, 0.717) is 5.02 Å². The highest BCUT2D eigenvalue weighted by atomic mass is 35.5. The number of carbonyl (C=O) groups excluding carboxylic acids is 1. The van der Waals surface area contributed by atoms with Gasteiger partial charge in [-0.2, -0.15) is 0 Å². The summed E-state index contributed by atoms with van der Waals surface area (Å²) in [5.74, 6) is 0.0914. The van der Waals surface area contributed by atoms with Crippen molar-refractivity contribution in [1.29, 1.82) is 0 Å². The molecule has 1 N–H and O–H groups in total. The van der Waals surface area contributed by atoms with Crippen molar-refractivity contribution < 1.29 is 4.79 Å². The number of amides is 1. The lowest BCUT2D eigenvalue weighted by molar-refractivity contribution is -0.135. The molecule has 1 aromatic carbocycles. The minimum Gasteiger partial charge on any atom is -0.333 e. The van der Waals surface area contributed by atoms with E-state index in [1.54, 1.807) is 11.3 Å². The van der Waals surface area contributed by atoms with Crippen LogP contribution in [0.15, 0.2) is 41.8 Å². The predicted octanol–water partition coefficient (Wildman–Crippen LogP) is 3.68. The minimum atomic E-state index is -0.0974. The Hall–Kier alpha value is -1.36. The van der Waals surface area contributed by atoms with Crippen LogP contribution in [0.4, 0.5) is 0 Å². The van der Waals surface area contributed by atoms with Crippen molar-refractivity contribution >= 4 is 28.8 Å². The molecule has 3 nitrogen and oxygen atoms in total. The molecule has 2 unspecified atom stereocenters. The van der Waals surface area contributed by atoms with Crippen LogP contribution in [0.1, 0.15) is 29.3 Å². The summed E-state index contributed by atoms with van der Waals surface area (Å²) >= 11 is 7.75. The van der Waals surface area contributed by atoms with Gasteiger partial charge >= 0.3 is 0 Å². The van der Waals surface area contributed by atoms with Gasteiger partial charge < -0.3 is 10.2 Å². The van der Waals surface area contributed by atoms with Gasteiger partial charge in [0.1, 0.15) is 0 Å². The van der Waals surface area contributed by atoms with E-state index in [1.807, 2.05) is 53.6 Å². The van der Waals surface area contributed by atoms with Crippen LogP contribution in [0.5, 0.6) is 0 Å². The quantitative estimate of drug-likeness (QED) is 0.928. The smallest absolute Gasteiger partial charge is 0.231 e. The Kier molecular flexibility index (Phi) is 4.81. The highest BCUT2D eigenvalue weighted by Crippen LogP contribution is 2.29. The topological polar surface area (TPSA) is 32.3 Å². The van der Waals surface area contributed by atoms with Crippen LogP contribution in [0.2, 0.25) is 5.02 Å². The monoisotopic (exact) mass is 334 g/mol. The Morgan fingerprint density at radius 2 is 2.27 bits per heavy atom. The summed E-state index contributed by atoms with van der Waals surface area (Å²) in [6.45, 7) is 4.32. The molecule has 0 bridgehead atoms. The Balaban J connectivity index is 1.85. The van der Waals surface area contributed by atoms with E-state index in [1.165, 1.54) is 0 Å². The molecule has 5 heteroatoms. The molecule has 0 aliphatic carbocycles. The molecular formula is C17H19ClN2OS. The highest BCUT2D eigenvalue weighted by Gasteiger charge is 2.31. The fraction of sp³-hybridized carbons (Fsp3) is 0.353. The number of nitrogens with one attached hydrogen (secondary N) is 1. The fourth-order valence-electron chi connectivity index (χ4n) is 2.89. The van der Waals surface area contributed by atoms with Crippen molar-refractivity contribution in [3.63, 3.8) is 0 Å². The Morgan fingerprint density at radius 3 is 3.00 bits per heavy atom. The highest BCUT2D eigenvalue weighted by molar-refractivity contribution is 7.10. The summed E-state index contributed by atoms with van der Waals surface area (Å²) in [4.78, 5) is 16.0. The van der Waals surface area contributed by atoms with E-state index in [-0.39, 0.29) is 17.9 Å². The number of nitrogens with zero attached hydrogens (tertiary/aromatic N) is 1. The normalized spacial score (nSPS) is 19.9. The van der Waals surface area contributed by atoms with Gasteiger partial charge in [0, 0.05) is 29.5 Å². The molecule has 1 fully saturated rings. The van der Waals surface area contributed by atoms with Crippen molar-refractivity contribution in [1.82, 2.24) is 10.2 Å². The lowest BCUT2D eigenvalue weighted by Gasteiger charge is -2.38. The summed E-state index contributed by atoms with van der Waals surface area (Å²) in [5, 5.41) is 6.11. The van der Waals surface area contributed by atoms with Gasteiger partial charge in [0.05, 0.1) is 12.0 Å². The standard InChI is InChI=1S/C17H19ClN2OS/c1-12(16-6-3-9-22-16)17(21)20-8-7-19-11-15(20)13-4-2-5-14(18)10-13/h2-6,9-10,12,15,19H,7-8,11H2,1H3. The molecule has 1 aliphatic rings. The number of carbonyl (C=O) groups is 1. The number of hydrogen-bond acceptors (Lipinski definition) is 3. The van der Waals surface area contributed by atoms with E-state index in [2.05, 4.69) is 5.32 Å². The maximum Gasteiger partial charge on any atom is 0.231 e. The van der Waals surface area contributed by atoms with Gasteiger partial charge in [-0.15, -0.1) is 11.3 Å². The Bertz CT molecular complexity index is 644.